The number of benzene rings is 1. The van der Waals surface area contributed by atoms with Gasteiger partial charge in [0.05, 0.1) is 35.8 Å². The Bertz CT molecular complexity index is 1200. The van der Waals surface area contributed by atoms with Crippen LogP contribution < -0.4 is 5.56 Å². The van der Waals surface area contributed by atoms with Gasteiger partial charge in [-0.2, -0.15) is 0 Å². The van der Waals surface area contributed by atoms with Gasteiger partial charge in [-0.1, -0.05) is 31.7 Å². The number of carbonyl (C=O) groups excluding carboxylic acids is 2. The number of ether oxygens (including phenoxy) is 3. The quantitative estimate of drug-likeness (QED) is 0.693. The summed E-state index contributed by atoms with van der Waals surface area (Å²) >= 11 is 0. The van der Waals surface area contributed by atoms with Crippen LogP contribution in [0.1, 0.15) is 30.2 Å². The highest BCUT2D eigenvalue weighted by atomic mass is 16.7. The summed E-state index contributed by atoms with van der Waals surface area (Å²) in [4.78, 5) is 42.9. The van der Waals surface area contributed by atoms with Crippen molar-refractivity contribution in [3.63, 3.8) is 0 Å². The zero-order chi connectivity index (χ0) is 23.6. The molecule has 1 aromatic heterocycles. The summed E-state index contributed by atoms with van der Waals surface area (Å²) in [6.07, 6.45) is -1.04. The van der Waals surface area contributed by atoms with Gasteiger partial charge in [0.15, 0.2) is 0 Å². The molecule has 3 heterocycles. The number of aromatic nitrogens is 1. The van der Waals surface area contributed by atoms with Crippen molar-refractivity contribution in [2.75, 3.05) is 13.2 Å². The number of para-hydroxylation sites is 1. The van der Waals surface area contributed by atoms with E-state index in [0.717, 1.165) is 5.69 Å². The fourth-order valence-corrected chi connectivity index (χ4v) is 4.01. The maximum absolute atomic E-state index is 13.3. The zero-order valence-electron chi connectivity index (χ0n) is 18.2. The first-order valence-corrected chi connectivity index (χ1v) is 10.6. The van der Waals surface area contributed by atoms with Crippen LogP contribution in [-0.4, -0.2) is 46.3 Å². The van der Waals surface area contributed by atoms with E-state index in [1.807, 2.05) is 30.3 Å². The van der Waals surface area contributed by atoms with Crippen molar-refractivity contribution in [1.29, 1.82) is 0 Å². The van der Waals surface area contributed by atoms with Crippen LogP contribution in [0, 0.1) is 0 Å². The maximum atomic E-state index is 13.3. The molecule has 0 aliphatic carbocycles. The standard InChI is InChI=1S/C24H24N2O7/c1-3-24(33-23(30)31-10-9-27)12-16-11-19-20(25-17-7-5-4-6-8-17)15(2)13-26(19)21(28)18(16)14-32-22(24)29/h4-8,11,27H,2-3,9-10,12-14H2,1H3. The predicted octanol–water partition coefficient (Wildman–Crippen LogP) is 2.43. The number of cyclic esters (lactones) is 1. The molecule has 0 fully saturated rings. The van der Waals surface area contributed by atoms with Crippen molar-refractivity contribution in [2.24, 2.45) is 4.99 Å². The van der Waals surface area contributed by atoms with Crippen molar-refractivity contribution < 1.29 is 28.9 Å². The van der Waals surface area contributed by atoms with Crippen molar-refractivity contribution in [3.8, 4) is 0 Å². The Morgan fingerprint density at radius 3 is 2.76 bits per heavy atom. The number of carbonyl (C=O) groups is 2. The minimum absolute atomic E-state index is 0.0555. The van der Waals surface area contributed by atoms with Crippen LogP contribution in [0.25, 0.3) is 0 Å². The fourth-order valence-electron chi connectivity index (χ4n) is 4.01. The van der Waals surface area contributed by atoms with Crippen LogP contribution in [0.4, 0.5) is 10.5 Å². The number of aliphatic hydroxyl groups excluding tert-OH is 1. The van der Waals surface area contributed by atoms with E-state index in [2.05, 4.69) is 11.6 Å². The summed E-state index contributed by atoms with van der Waals surface area (Å²) < 4.78 is 17.1. The molecular formula is C24H24N2O7. The summed E-state index contributed by atoms with van der Waals surface area (Å²) in [6.45, 7) is 5.16. The van der Waals surface area contributed by atoms with Gasteiger partial charge in [0.1, 0.15) is 13.2 Å². The molecule has 0 saturated heterocycles. The van der Waals surface area contributed by atoms with E-state index >= 15 is 0 Å². The number of fused-ring (bicyclic) bond motifs is 2. The van der Waals surface area contributed by atoms with Crippen LogP contribution in [0.2, 0.25) is 0 Å². The lowest BCUT2D eigenvalue weighted by Gasteiger charge is -2.28. The summed E-state index contributed by atoms with van der Waals surface area (Å²) in [5, 5.41) is 8.86. The number of pyridine rings is 1. The average Bonchev–Trinajstić information content (AvgIpc) is 3.04. The molecule has 2 aromatic rings. The van der Waals surface area contributed by atoms with Crippen molar-refractivity contribution in [2.45, 2.75) is 38.5 Å². The Balaban J connectivity index is 1.77. The highest BCUT2D eigenvalue weighted by Gasteiger charge is 2.46. The van der Waals surface area contributed by atoms with Crippen molar-refractivity contribution in [1.82, 2.24) is 4.57 Å². The van der Waals surface area contributed by atoms with Gasteiger partial charge in [-0.15, -0.1) is 0 Å². The van der Waals surface area contributed by atoms with E-state index in [-0.39, 0.29) is 44.8 Å². The fraction of sp³-hybridized carbons (Fsp3) is 0.333. The summed E-state index contributed by atoms with van der Waals surface area (Å²) in [5.74, 6) is -0.755. The number of esters is 1. The van der Waals surface area contributed by atoms with Gasteiger partial charge < -0.3 is 23.9 Å². The van der Waals surface area contributed by atoms with Gasteiger partial charge in [-0.25, -0.2) is 14.6 Å². The first kappa shape index (κ1) is 22.5. The highest BCUT2D eigenvalue weighted by Crippen LogP contribution is 2.32. The lowest BCUT2D eigenvalue weighted by atomic mass is 9.90. The van der Waals surface area contributed by atoms with Gasteiger partial charge in [-0.3, -0.25) is 4.79 Å². The molecule has 2 aliphatic rings. The summed E-state index contributed by atoms with van der Waals surface area (Å²) in [5.41, 5.74) is 1.48. The molecule has 0 amide bonds. The van der Waals surface area contributed by atoms with Gasteiger partial charge in [0.25, 0.3) is 5.56 Å². The largest absolute Gasteiger partial charge is 0.509 e. The second-order valence-electron chi connectivity index (χ2n) is 7.85. The Hall–Kier alpha value is -3.72. The number of hydrogen-bond acceptors (Lipinski definition) is 8. The summed E-state index contributed by atoms with van der Waals surface area (Å²) in [6, 6.07) is 11.1. The minimum Gasteiger partial charge on any atom is -0.458 e. The van der Waals surface area contributed by atoms with Crippen LogP contribution in [0.3, 0.4) is 0 Å². The Kier molecular flexibility index (Phi) is 6.15. The normalized spacial score (nSPS) is 20.6. The third-order valence-corrected chi connectivity index (χ3v) is 5.77. The van der Waals surface area contributed by atoms with Crippen molar-refractivity contribution in [3.05, 3.63) is 75.7 Å². The number of hydrogen-bond donors (Lipinski definition) is 1. The Morgan fingerprint density at radius 1 is 1.30 bits per heavy atom. The molecule has 1 aromatic carbocycles. The third kappa shape index (κ3) is 4.19. The van der Waals surface area contributed by atoms with E-state index in [4.69, 9.17) is 19.3 Å². The number of nitrogens with zero attached hydrogens (tertiary/aromatic N) is 2. The Morgan fingerprint density at radius 2 is 2.06 bits per heavy atom. The second kappa shape index (κ2) is 9.03. The molecule has 0 saturated carbocycles. The molecule has 33 heavy (non-hydrogen) atoms. The average molecular weight is 452 g/mol. The monoisotopic (exact) mass is 452 g/mol. The lowest BCUT2D eigenvalue weighted by molar-refractivity contribution is -0.169. The number of aliphatic hydroxyl groups is 1. The molecule has 0 spiro atoms. The molecule has 0 radical (unpaired) electrons. The molecule has 172 valence electrons. The van der Waals surface area contributed by atoms with Crippen LogP contribution in [0.15, 0.2) is 58.3 Å². The number of rotatable bonds is 5. The second-order valence-corrected chi connectivity index (χ2v) is 7.85. The number of allylic oxidation sites excluding steroid dienone is 1. The van der Waals surface area contributed by atoms with Gasteiger partial charge in [0, 0.05) is 6.42 Å². The molecule has 4 rings (SSSR count). The van der Waals surface area contributed by atoms with Crippen LogP contribution in [0.5, 0.6) is 0 Å². The Labute approximate surface area is 189 Å². The molecule has 2 aliphatic heterocycles. The molecule has 0 bridgehead atoms. The predicted molar refractivity (Wildman–Crippen MR) is 119 cm³/mol. The van der Waals surface area contributed by atoms with Gasteiger partial charge in [0.2, 0.25) is 5.60 Å². The van der Waals surface area contributed by atoms with E-state index < -0.39 is 17.7 Å². The van der Waals surface area contributed by atoms with E-state index in [0.29, 0.717) is 28.1 Å². The van der Waals surface area contributed by atoms with Crippen LogP contribution >= 0.6 is 0 Å². The molecule has 9 nitrogen and oxygen atoms in total. The van der Waals surface area contributed by atoms with Crippen molar-refractivity contribution >= 4 is 23.5 Å². The molecule has 1 N–H and O–H groups in total. The van der Waals surface area contributed by atoms with E-state index in [1.54, 1.807) is 17.6 Å². The maximum Gasteiger partial charge on any atom is 0.509 e. The first-order valence-electron chi connectivity index (χ1n) is 10.6. The topological polar surface area (TPSA) is 116 Å². The molecular weight excluding hydrogens is 428 g/mol. The van der Waals surface area contributed by atoms with E-state index in [1.165, 1.54) is 0 Å². The lowest BCUT2D eigenvalue weighted by Crippen LogP contribution is -2.45. The third-order valence-electron chi connectivity index (χ3n) is 5.77. The molecule has 9 heteroatoms. The first-order chi connectivity index (χ1) is 15.9. The molecule has 1 atom stereocenters. The zero-order valence-corrected chi connectivity index (χ0v) is 18.2. The van der Waals surface area contributed by atoms with Gasteiger partial charge >= 0.3 is 12.1 Å². The van der Waals surface area contributed by atoms with Crippen LogP contribution in [-0.2, 0) is 38.6 Å². The van der Waals surface area contributed by atoms with E-state index in [9.17, 15) is 14.4 Å². The highest BCUT2D eigenvalue weighted by molar-refractivity contribution is 6.14. The minimum atomic E-state index is -1.66. The number of aliphatic imine (C=N–C) groups is 1. The smallest absolute Gasteiger partial charge is 0.458 e. The van der Waals surface area contributed by atoms with Gasteiger partial charge in [-0.05, 0) is 35.8 Å². The summed E-state index contributed by atoms with van der Waals surface area (Å²) in [7, 11) is 0. The molecule has 1 unspecified atom stereocenters. The SMILES string of the molecule is C=C1Cn2c(cc3c(c2=O)COC(=O)C(CC)(OC(=O)OCCO)C3)C1=Nc1ccccc1.